The summed E-state index contributed by atoms with van der Waals surface area (Å²) in [4.78, 5) is 23.7. The van der Waals surface area contributed by atoms with Crippen molar-refractivity contribution in [1.82, 2.24) is 4.57 Å². The van der Waals surface area contributed by atoms with Crippen LogP contribution in [0.2, 0.25) is 0 Å². The molecule has 0 radical (unpaired) electrons. The van der Waals surface area contributed by atoms with Crippen LogP contribution in [0.1, 0.15) is 24.3 Å². The SMILES string of the molecule is CCOC(=O)C(=O)c1cc2ccc(OC)cc2n1CC. The Kier molecular flexibility index (Phi) is 4.08. The molecule has 0 saturated carbocycles. The van der Waals surface area contributed by atoms with E-state index in [-0.39, 0.29) is 6.61 Å². The van der Waals surface area contributed by atoms with Crippen LogP contribution in [0.25, 0.3) is 10.9 Å². The average molecular weight is 275 g/mol. The number of aromatic nitrogens is 1. The first-order valence-corrected chi connectivity index (χ1v) is 6.51. The minimum atomic E-state index is -0.822. The highest BCUT2D eigenvalue weighted by atomic mass is 16.5. The lowest BCUT2D eigenvalue weighted by atomic mass is 10.2. The van der Waals surface area contributed by atoms with Crippen LogP contribution in [0, 0.1) is 0 Å². The molecule has 0 unspecified atom stereocenters. The van der Waals surface area contributed by atoms with Crippen LogP contribution in [0.4, 0.5) is 0 Å². The van der Waals surface area contributed by atoms with E-state index in [9.17, 15) is 9.59 Å². The molecule has 2 aromatic rings. The van der Waals surface area contributed by atoms with E-state index in [2.05, 4.69) is 0 Å². The second-order valence-corrected chi connectivity index (χ2v) is 4.25. The summed E-state index contributed by atoms with van der Waals surface area (Å²) in [5.41, 5.74) is 1.20. The number of carbonyl (C=O) groups excluding carboxylic acids is 2. The fourth-order valence-corrected chi connectivity index (χ4v) is 2.19. The number of hydrogen-bond acceptors (Lipinski definition) is 4. The number of aryl methyl sites for hydroxylation is 1. The number of fused-ring (bicyclic) bond motifs is 1. The lowest BCUT2D eigenvalue weighted by Crippen LogP contribution is -2.20. The largest absolute Gasteiger partial charge is 0.497 e. The Bertz CT molecular complexity index is 657. The molecule has 5 heteroatoms. The quantitative estimate of drug-likeness (QED) is 0.477. The first kappa shape index (κ1) is 14.1. The molecule has 0 bridgehead atoms. The number of rotatable bonds is 5. The van der Waals surface area contributed by atoms with Gasteiger partial charge < -0.3 is 14.0 Å². The maximum atomic E-state index is 12.1. The molecule has 0 N–H and O–H groups in total. The molecule has 1 aromatic heterocycles. The van der Waals surface area contributed by atoms with Crippen molar-refractivity contribution >= 4 is 22.7 Å². The van der Waals surface area contributed by atoms with Crippen molar-refractivity contribution in [2.24, 2.45) is 0 Å². The van der Waals surface area contributed by atoms with Gasteiger partial charge in [-0.3, -0.25) is 4.79 Å². The zero-order valence-electron chi connectivity index (χ0n) is 11.8. The number of nitrogens with zero attached hydrogens (tertiary/aromatic N) is 1. The highest BCUT2D eigenvalue weighted by molar-refractivity contribution is 6.40. The Hall–Kier alpha value is -2.30. The number of ketones is 1. The van der Waals surface area contributed by atoms with Gasteiger partial charge in [0.2, 0.25) is 0 Å². The van der Waals surface area contributed by atoms with E-state index < -0.39 is 11.8 Å². The van der Waals surface area contributed by atoms with Crippen molar-refractivity contribution in [3.63, 3.8) is 0 Å². The minimum Gasteiger partial charge on any atom is -0.497 e. The topological polar surface area (TPSA) is 57.5 Å². The van der Waals surface area contributed by atoms with E-state index in [4.69, 9.17) is 9.47 Å². The summed E-state index contributed by atoms with van der Waals surface area (Å²) in [5, 5.41) is 0.889. The maximum Gasteiger partial charge on any atom is 0.381 e. The molecule has 1 aromatic carbocycles. The summed E-state index contributed by atoms with van der Waals surface area (Å²) in [7, 11) is 1.59. The Balaban J connectivity index is 2.53. The second-order valence-electron chi connectivity index (χ2n) is 4.25. The molecular weight excluding hydrogens is 258 g/mol. The van der Waals surface area contributed by atoms with Gasteiger partial charge in [0.15, 0.2) is 0 Å². The highest BCUT2D eigenvalue weighted by Crippen LogP contribution is 2.25. The van der Waals surface area contributed by atoms with E-state index in [1.807, 2.05) is 25.1 Å². The molecule has 0 saturated heterocycles. The van der Waals surface area contributed by atoms with Crippen LogP contribution in [0.15, 0.2) is 24.3 Å². The van der Waals surface area contributed by atoms with E-state index in [0.29, 0.717) is 18.0 Å². The van der Waals surface area contributed by atoms with Gasteiger partial charge >= 0.3 is 5.97 Å². The van der Waals surface area contributed by atoms with Crippen molar-refractivity contribution in [2.75, 3.05) is 13.7 Å². The number of ether oxygens (including phenoxy) is 2. The third-order valence-electron chi connectivity index (χ3n) is 3.12. The van der Waals surface area contributed by atoms with Crippen LogP contribution in [0.3, 0.4) is 0 Å². The summed E-state index contributed by atoms with van der Waals surface area (Å²) in [6.07, 6.45) is 0. The molecule has 0 aliphatic rings. The number of Topliss-reactive ketones (excluding diaryl/α,β-unsaturated/α-hetero) is 1. The van der Waals surface area contributed by atoms with Crippen LogP contribution in [0.5, 0.6) is 5.75 Å². The van der Waals surface area contributed by atoms with Gasteiger partial charge in [0.1, 0.15) is 5.75 Å². The normalized spacial score (nSPS) is 10.6. The van der Waals surface area contributed by atoms with Gasteiger partial charge in [-0.15, -0.1) is 0 Å². The number of carbonyl (C=O) groups is 2. The van der Waals surface area contributed by atoms with E-state index in [1.165, 1.54) is 0 Å². The summed E-state index contributed by atoms with van der Waals surface area (Å²) in [6, 6.07) is 7.24. The fourth-order valence-electron chi connectivity index (χ4n) is 2.19. The molecule has 0 atom stereocenters. The van der Waals surface area contributed by atoms with E-state index in [0.717, 1.165) is 10.9 Å². The van der Waals surface area contributed by atoms with Crippen molar-refractivity contribution in [1.29, 1.82) is 0 Å². The molecular formula is C15H17NO4. The molecule has 5 nitrogen and oxygen atoms in total. The van der Waals surface area contributed by atoms with Gasteiger partial charge in [0, 0.05) is 18.0 Å². The van der Waals surface area contributed by atoms with Gasteiger partial charge in [0.05, 0.1) is 24.9 Å². The van der Waals surface area contributed by atoms with E-state index >= 15 is 0 Å². The first-order valence-electron chi connectivity index (χ1n) is 6.51. The minimum absolute atomic E-state index is 0.185. The molecule has 0 aliphatic heterocycles. The van der Waals surface area contributed by atoms with Gasteiger partial charge in [-0.2, -0.15) is 0 Å². The monoisotopic (exact) mass is 275 g/mol. The van der Waals surface area contributed by atoms with Crippen molar-refractivity contribution < 1.29 is 19.1 Å². The third-order valence-corrected chi connectivity index (χ3v) is 3.12. The van der Waals surface area contributed by atoms with Crippen molar-refractivity contribution in [2.45, 2.75) is 20.4 Å². The first-order chi connectivity index (χ1) is 9.62. The second kappa shape index (κ2) is 5.77. The lowest BCUT2D eigenvalue weighted by Gasteiger charge is -2.07. The average Bonchev–Trinajstić information content (AvgIpc) is 2.83. The highest BCUT2D eigenvalue weighted by Gasteiger charge is 2.22. The number of esters is 1. The molecule has 2 rings (SSSR count). The van der Waals surface area contributed by atoms with Gasteiger partial charge in [-0.25, -0.2) is 4.79 Å². The number of benzene rings is 1. The van der Waals surface area contributed by atoms with Crippen LogP contribution in [-0.4, -0.2) is 30.0 Å². The molecule has 20 heavy (non-hydrogen) atoms. The fraction of sp³-hybridized carbons (Fsp3) is 0.333. The van der Waals surface area contributed by atoms with Crippen molar-refractivity contribution in [3.8, 4) is 5.75 Å². The number of hydrogen-bond donors (Lipinski definition) is 0. The lowest BCUT2D eigenvalue weighted by molar-refractivity contribution is -0.137. The summed E-state index contributed by atoms with van der Waals surface area (Å²) in [5.74, 6) is -0.735. The zero-order chi connectivity index (χ0) is 14.7. The van der Waals surface area contributed by atoms with Gasteiger partial charge in [-0.05, 0) is 32.0 Å². The number of methoxy groups -OCH3 is 1. The molecule has 0 aliphatic carbocycles. The standard InChI is InChI=1S/C15H17NO4/c1-4-16-12-9-11(19-3)7-6-10(12)8-13(16)14(17)15(18)20-5-2/h6-9H,4-5H2,1-3H3. The van der Waals surface area contributed by atoms with E-state index in [1.54, 1.807) is 24.7 Å². The smallest absolute Gasteiger partial charge is 0.381 e. The summed E-state index contributed by atoms with van der Waals surface area (Å²) >= 11 is 0. The van der Waals surface area contributed by atoms with Gasteiger partial charge in [-0.1, -0.05) is 0 Å². The predicted molar refractivity (Wildman–Crippen MR) is 75.1 cm³/mol. The molecule has 106 valence electrons. The summed E-state index contributed by atoms with van der Waals surface area (Å²) in [6.45, 7) is 4.36. The van der Waals surface area contributed by atoms with Gasteiger partial charge in [0.25, 0.3) is 5.78 Å². The molecule has 0 spiro atoms. The zero-order valence-corrected chi connectivity index (χ0v) is 11.8. The maximum absolute atomic E-state index is 12.1. The Labute approximate surface area is 117 Å². The van der Waals surface area contributed by atoms with Crippen molar-refractivity contribution in [3.05, 3.63) is 30.0 Å². The molecule has 0 fully saturated rings. The predicted octanol–water partition coefficient (Wildman–Crippen LogP) is 2.42. The van der Waals surface area contributed by atoms with Crippen LogP contribution >= 0.6 is 0 Å². The molecule has 0 amide bonds. The molecule has 1 heterocycles. The van der Waals surface area contributed by atoms with Crippen LogP contribution in [-0.2, 0) is 16.1 Å². The Morgan fingerprint density at radius 2 is 1.95 bits per heavy atom. The van der Waals surface area contributed by atoms with Crippen LogP contribution < -0.4 is 4.74 Å². The summed E-state index contributed by atoms with van der Waals surface area (Å²) < 4.78 is 11.7. The third kappa shape index (κ3) is 2.39. The Morgan fingerprint density at radius 3 is 2.55 bits per heavy atom. The Morgan fingerprint density at radius 1 is 1.20 bits per heavy atom.